The summed E-state index contributed by atoms with van der Waals surface area (Å²) in [5.41, 5.74) is 3.67. The van der Waals surface area contributed by atoms with Crippen molar-refractivity contribution in [2.24, 2.45) is 0 Å². The zero-order valence-corrected chi connectivity index (χ0v) is 9.85. The molecule has 0 amide bonds. The lowest BCUT2D eigenvalue weighted by Gasteiger charge is -2.15. The molecule has 0 heterocycles. The normalized spacial score (nSPS) is 10.1. The van der Waals surface area contributed by atoms with E-state index in [1.807, 2.05) is 35.6 Å². The van der Waals surface area contributed by atoms with E-state index in [4.69, 9.17) is 4.28 Å². The van der Waals surface area contributed by atoms with Gasteiger partial charge in [0.2, 0.25) is 0 Å². The Hall–Kier alpha value is -0.230. The average molecular weight is 263 g/mol. The fourth-order valence-electron chi connectivity index (χ4n) is 0.808. The summed E-state index contributed by atoms with van der Waals surface area (Å²) in [6, 6.07) is 8.00. The third-order valence-corrected chi connectivity index (χ3v) is 2.57. The van der Waals surface area contributed by atoms with Crippen molar-refractivity contribution in [1.29, 1.82) is 0 Å². The van der Waals surface area contributed by atoms with Crippen LogP contribution in [-0.2, 0) is 4.28 Å². The minimum atomic E-state index is 1.06. The molecule has 1 N–H and O–H groups in total. The first-order chi connectivity index (χ1) is 6.24. The number of halogens is 1. The molecule has 1 aromatic rings. The summed E-state index contributed by atoms with van der Waals surface area (Å²) in [4.78, 5) is 0. The molecule has 0 unspecified atom stereocenters. The maximum Gasteiger partial charge on any atom is 0.135 e. The summed E-state index contributed by atoms with van der Waals surface area (Å²) in [5, 5.41) is 0. The number of nitrogens with zero attached hydrogens (tertiary/aromatic N) is 1. The lowest BCUT2D eigenvalue weighted by atomic mass is 10.3. The van der Waals surface area contributed by atoms with Gasteiger partial charge in [-0.3, -0.25) is 4.31 Å². The molecule has 0 aliphatic carbocycles. The van der Waals surface area contributed by atoms with E-state index in [-0.39, 0.29) is 0 Å². The average Bonchev–Trinajstić information content (AvgIpc) is 2.14. The second-order valence-corrected chi connectivity index (χ2v) is 4.12. The Balaban J connectivity index is 2.60. The van der Waals surface area contributed by atoms with Gasteiger partial charge in [0, 0.05) is 24.3 Å². The van der Waals surface area contributed by atoms with Crippen LogP contribution in [0.4, 0.5) is 5.69 Å². The lowest BCUT2D eigenvalue weighted by Crippen LogP contribution is -2.11. The van der Waals surface area contributed by atoms with Crippen molar-refractivity contribution in [3.63, 3.8) is 0 Å². The van der Waals surface area contributed by atoms with Crippen LogP contribution in [0, 0.1) is 0 Å². The Kier molecular flexibility index (Phi) is 4.58. The monoisotopic (exact) mass is 262 g/mol. The maximum atomic E-state index is 4.97. The molecule has 1 rings (SSSR count). The van der Waals surface area contributed by atoms with Gasteiger partial charge in [-0.1, -0.05) is 22.0 Å². The first-order valence-corrected chi connectivity index (χ1v) is 5.23. The molecule has 0 saturated carbocycles. The van der Waals surface area contributed by atoms with Crippen molar-refractivity contribution in [2.75, 3.05) is 18.4 Å². The summed E-state index contributed by atoms with van der Waals surface area (Å²) in [5.74, 6) is 0. The first kappa shape index (κ1) is 10.8. The molecule has 0 radical (unpaired) electrons. The highest BCUT2D eigenvalue weighted by Gasteiger charge is 2.01. The van der Waals surface area contributed by atoms with Crippen molar-refractivity contribution >= 4 is 33.8 Å². The number of hydrogen-bond acceptors (Lipinski definition) is 4. The number of anilines is 1. The van der Waals surface area contributed by atoms with Crippen LogP contribution in [0.15, 0.2) is 28.7 Å². The molecule has 5 heteroatoms. The molecular formula is C8H11BrN2OS. The Morgan fingerprint density at radius 1 is 1.54 bits per heavy atom. The standard InChI is InChI=1S/C8H11BrN2OS/c1-10-12-13-11(2)8-5-3-4-7(9)6-8/h3-6,10H,1-2H3. The van der Waals surface area contributed by atoms with E-state index < -0.39 is 0 Å². The molecule has 0 aromatic heterocycles. The van der Waals surface area contributed by atoms with Gasteiger partial charge in [0.1, 0.15) is 12.2 Å². The molecule has 72 valence electrons. The molecule has 0 saturated heterocycles. The van der Waals surface area contributed by atoms with Crippen molar-refractivity contribution in [3.05, 3.63) is 28.7 Å². The number of nitrogens with one attached hydrogen (secondary N) is 1. The minimum absolute atomic E-state index is 1.06. The quantitative estimate of drug-likeness (QED) is 0.512. The zero-order chi connectivity index (χ0) is 9.68. The van der Waals surface area contributed by atoms with Crippen LogP contribution in [-0.4, -0.2) is 14.1 Å². The zero-order valence-electron chi connectivity index (χ0n) is 7.45. The highest BCUT2D eigenvalue weighted by Crippen LogP contribution is 2.23. The molecule has 0 fully saturated rings. The minimum Gasteiger partial charge on any atom is -0.295 e. The molecular weight excluding hydrogens is 252 g/mol. The maximum absolute atomic E-state index is 4.97. The summed E-state index contributed by atoms with van der Waals surface area (Å²) in [6.45, 7) is 0. The highest BCUT2D eigenvalue weighted by atomic mass is 79.9. The van der Waals surface area contributed by atoms with Gasteiger partial charge in [0.15, 0.2) is 0 Å². The third-order valence-electron chi connectivity index (χ3n) is 1.40. The first-order valence-electron chi connectivity index (χ1n) is 3.73. The molecule has 0 bridgehead atoms. The van der Waals surface area contributed by atoms with E-state index in [1.54, 1.807) is 7.05 Å². The Morgan fingerprint density at radius 2 is 2.31 bits per heavy atom. The van der Waals surface area contributed by atoms with Crippen molar-refractivity contribution in [2.45, 2.75) is 0 Å². The smallest absolute Gasteiger partial charge is 0.135 e. The van der Waals surface area contributed by atoms with E-state index in [2.05, 4.69) is 21.4 Å². The number of benzene rings is 1. The fourth-order valence-corrected chi connectivity index (χ4v) is 1.58. The molecule has 0 spiro atoms. The van der Waals surface area contributed by atoms with Crippen LogP contribution >= 0.6 is 28.2 Å². The molecule has 0 aliphatic heterocycles. The molecule has 0 atom stereocenters. The van der Waals surface area contributed by atoms with Crippen LogP contribution in [0.3, 0.4) is 0 Å². The van der Waals surface area contributed by atoms with E-state index >= 15 is 0 Å². The molecule has 13 heavy (non-hydrogen) atoms. The second-order valence-electron chi connectivity index (χ2n) is 2.34. The summed E-state index contributed by atoms with van der Waals surface area (Å²) in [6.07, 6.45) is 0. The van der Waals surface area contributed by atoms with Gasteiger partial charge in [0.05, 0.1) is 0 Å². The predicted octanol–water partition coefficient (Wildman–Crippen LogP) is 2.60. The number of hydroxylamine groups is 1. The van der Waals surface area contributed by atoms with Gasteiger partial charge >= 0.3 is 0 Å². The highest BCUT2D eigenvalue weighted by molar-refractivity contribution is 9.10. The van der Waals surface area contributed by atoms with Gasteiger partial charge in [-0.2, -0.15) is 5.48 Å². The van der Waals surface area contributed by atoms with Gasteiger partial charge in [-0.05, 0) is 18.2 Å². The van der Waals surface area contributed by atoms with Crippen molar-refractivity contribution in [3.8, 4) is 0 Å². The van der Waals surface area contributed by atoms with Crippen molar-refractivity contribution < 1.29 is 4.28 Å². The summed E-state index contributed by atoms with van der Waals surface area (Å²) < 4.78 is 7.94. The largest absolute Gasteiger partial charge is 0.295 e. The van der Waals surface area contributed by atoms with E-state index in [0.29, 0.717) is 0 Å². The van der Waals surface area contributed by atoms with Crippen molar-refractivity contribution in [1.82, 2.24) is 5.48 Å². The van der Waals surface area contributed by atoms with Gasteiger partial charge in [-0.15, -0.1) is 0 Å². The van der Waals surface area contributed by atoms with Crippen LogP contribution < -0.4 is 9.79 Å². The summed E-state index contributed by atoms with van der Waals surface area (Å²) in [7, 11) is 3.66. The van der Waals surface area contributed by atoms with E-state index in [1.165, 1.54) is 12.2 Å². The van der Waals surface area contributed by atoms with Gasteiger partial charge in [-0.25, -0.2) is 4.28 Å². The van der Waals surface area contributed by atoms with Crippen LogP contribution in [0.25, 0.3) is 0 Å². The molecule has 0 aliphatic rings. The summed E-state index contributed by atoms with van der Waals surface area (Å²) >= 11 is 4.65. The topological polar surface area (TPSA) is 24.5 Å². The Morgan fingerprint density at radius 3 is 2.92 bits per heavy atom. The van der Waals surface area contributed by atoms with E-state index in [9.17, 15) is 0 Å². The molecule has 1 aromatic carbocycles. The number of rotatable bonds is 4. The third kappa shape index (κ3) is 3.56. The lowest BCUT2D eigenvalue weighted by molar-refractivity contribution is 0.271. The Labute approximate surface area is 90.9 Å². The van der Waals surface area contributed by atoms with Crippen LogP contribution in [0.5, 0.6) is 0 Å². The SMILES string of the molecule is CNOSN(C)c1cccc(Br)c1. The fraction of sp³-hybridized carbons (Fsp3) is 0.250. The predicted molar refractivity (Wildman–Crippen MR) is 60.3 cm³/mol. The second kappa shape index (κ2) is 5.49. The Bertz CT molecular complexity index is 272. The molecule has 3 nitrogen and oxygen atoms in total. The van der Waals surface area contributed by atoms with Gasteiger partial charge in [0.25, 0.3) is 0 Å². The van der Waals surface area contributed by atoms with E-state index in [0.717, 1.165) is 10.2 Å². The van der Waals surface area contributed by atoms with Gasteiger partial charge < -0.3 is 0 Å². The number of hydrogen-bond donors (Lipinski definition) is 1. The van der Waals surface area contributed by atoms with Crippen LogP contribution in [0.1, 0.15) is 0 Å². The van der Waals surface area contributed by atoms with Crippen LogP contribution in [0.2, 0.25) is 0 Å².